The van der Waals surface area contributed by atoms with E-state index in [1.54, 1.807) is 0 Å². The second-order valence-corrected chi connectivity index (χ2v) is 6.42. The molecule has 2 aliphatic rings. The van der Waals surface area contributed by atoms with E-state index in [1.807, 2.05) is 0 Å². The molecule has 0 spiro atoms. The summed E-state index contributed by atoms with van der Waals surface area (Å²) in [6, 6.07) is 0. The maximum Gasteiger partial charge on any atom is 0.0630 e. The summed E-state index contributed by atoms with van der Waals surface area (Å²) in [5, 5.41) is 10.6. The molecule has 0 aromatic carbocycles. The molecule has 0 aliphatic heterocycles. The monoisotopic (exact) mass is 256 g/mol. The van der Waals surface area contributed by atoms with E-state index in [0.29, 0.717) is 11.3 Å². The second kappa shape index (κ2) is 5.75. The Bertz CT molecular complexity index is 265. The van der Waals surface area contributed by atoms with Crippen molar-refractivity contribution in [2.45, 2.75) is 69.8 Å². The maximum atomic E-state index is 10.3. The van der Waals surface area contributed by atoms with E-state index in [4.69, 9.17) is 11.6 Å². The molecule has 0 aromatic rings. The van der Waals surface area contributed by atoms with Crippen molar-refractivity contribution in [3.05, 3.63) is 12.2 Å². The van der Waals surface area contributed by atoms with Crippen molar-refractivity contribution in [1.29, 1.82) is 0 Å². The Morgan fingerprint density at radius 2 is 2.12 bits per heavy atom. The van der Waals surface area contributed by atoms with Crippen molar-refractivity contribution >= 4 is 11.6 Å². The summed E-state index contributed by atoms with van der Waals surface area (Å²) >= 11 is 6.24. The predicted octanol–water partition coefficient (Wildman–Crippen LogP) is 4.28. The molecule has 0 heterocycles. The van der Waals surface area contributed by atoms with E-state index in [1.165, 1.54) is 32.1 Å². The third-order valence-electron chi connectivity index (χ3n) is 4.98. The average molecular weight is 257 g/mol. The highest BCUT2D eigenvalue weighted by Crippen LogP contribution is 2.47. The van der Waals surface area contributed by atoms with Crippen molar-refractivity contribution in [2.24, 2.45) is 11.3 Å². The van der Waals surface area contributed by atoms with Crippen LogP contribution in [0, 0.1) is 11.3 Å². The van der Waals surface area contributed by atoms with Gasteiger partial charge in [0.25, 0.3) is 0 Å². The molecule has 2 saturated carbocycles. The standard InChI is InChI=1S/C15H25ClO/c1-2-15(10-5-11-15)14(17)9-4-7-12-6-3-8-13(12)16/h4,7,12-14,17H,2-3,5-6,8-11H2,1H3/b7-4+/t12-,13?,14?/m0/s1. The first-order valence-corrected chi connectivity index (χ1v) is 7.60. The molecule has 2 aliphatic carbocycles. The molecule has 1 nitrogen and oxygen atoms in total. The minimum Gasteiger partial charge on any atom is -0.392 e. The van der Waals surface area contributed by atoms with Crippen LogP contribution >= 0.6 is 11.6 Å². The molecule has 2 rings (SSSR count). The third kappa shape index (κ3) is 2.88. The number of rotatable bonds is 5. The summed E-state index contributed by atoms with van der Waals surface area (Å²) in [7, 11) is 0. The van der Waals surface area contributed by atoms with Gasteiger partial charge in [-0.05, 0) is 49.9 Å². The molecule has 2 unspecified atom stereocenters. The molecule has 0 bridgehead atoms. The highest BCUT2D eigenvalue weighted by Gasteiger charge is 2.40. The SMILES string of the molecule is CCC1(C(O)C/C=C/[C@@H]2CCCC2Cl)CCC1. The van der Waals surface area contributed by atoms with Crippen molar-refractivity contribution in [3.63, 3.8) is 0 Å². The molecular formula is C15H25ClO. The van der Waals surface area contributed by atoms with Gasteiger partial charge in [0.1, 0.15) is 0 Å². The van der Waals surface area contributed by atoms with Crippen molar-refractivity contribution in [3.8, 4) is 0 Å². The molecule has 98 valence electrons. The van der Waals surface area contributed by atoms with Crippen LogP contribution in [-0.4, -0.2) is 16.6 Å². The first-order chi connectivity index (χ1) is 8.18. The number of allylic oxidation sites excluding steroid dienone is 1. The predicted molar refractivity (Wildman–Crippen MR) is 73.3 cm³/mol. The molecule has 1 N–H and O–H groups in total. The lowest BCUT2D eigenvalue weighted by molar-refractivity contribution is -0.0355. The quantitative estimate of drug-likeness (QED) is 0.575. The van der Waals surface area contributed by atoms with E-state index < -0.39 is 0 Å². The molecule has 0 radical (unpaired) electrons. The van der Waals surface area contributed by atoms with Gasteiger partial charge in [0, 0.05) is 5.38 Å². The van der Waals surface area contributed by atoms with Crippen molar-refractivity contribution in [2.75, 3.05) is 0 Å². The summed E-state index contributed by atoms with van der Waals surface area (Å²) in [6.07, 6.45) is 13.5. The zero-order valence-corrected chi connectivity index (χ0v) is 11.6. The maximum absolute atomic E-state index is 10.3. The summed E-state index contributed by atoms with van der Waals surface area (Å²) < 4.78 is 0. The first-order valence-electron chi connectivity index (χ1n) is 7.17. The third-order valence-corrected chi connectivity index (χ3v) is 5.53. The minimum atomic E-state index is -0.146. The Hall–Kier alpha value is -0.0100. The van der Waals surface area contributed by atoms with Crippen LogP contribution in [-0.2, 0) is 0 Å². The molecule has 17 heavy (non-hydrogen) atoms. The molecule has 0 amide bonds. The van der Waals surface area contributed by atoms with Crippen LogP contribution in [0.25, 0.3) is 0 Å². The zero-order valence-electron chi connectivity index (χ0n) is 10.9. The molecule has 0 saturated heterocycles. The van der Waals surface area contributed by atoms with Crippen LogP contribution < -0.4 is 0 Å². The number of halogens is 1. The number of alkyl halides is 1. The fraction of sp³-hybridized carbons (Fsp3) is 0.867. The minimum absolute atomic E-state index is 0.146. The lowest BCUT2D eigenvalue weighted by atomic mass is 9.63. The van der Waals surface area contributed by atoms with Gasteiger partial charge in [-0.1, -0.05) is 31.9 Å². The Morgan fingerprint density at radius 3 is 2.59 bits per heavy atom. The largest absolute Gasteiger partial charge is 0.392 e. The Morgan fingerprint density at radius 1 is 1.35 bits per heavy atom. The van der Waals surface area contributed by atoms with Gasteiger partial charge in [-0.15, -0.1) is 11.6 Å². The van der Waals surface area contributed by atoms with Gasteiger partial charge in [-0.3, -0.25) is 0 Å². The smallest absolute Gasteiger partial charge is 0.0630 e. The van der Waals surface area contributed by atoms with Gasteiger partial charge in [-0.2, -0.15) is 0 Å². The number of aliphatic hydroxyl groups excluding tert-OH is 1. The molecule has 3 atom stereocenters. The number of aliphatic hydroxyl groups is 1. The van der Waals surface area contributed by atoms with Gasteiger partial charge in [-0.25, -0.2) is 0 Å². The fourth-order valence-corrected chi connectivity index (χ4v) is 3.71. The normalized spacial score (nSPS) is 33.8. The second-order valence-electron chi connectivity index (χ2n) is 5.86. The number of hydrogen-bond acceptors (Lipinski definition) is 1. The van der Waals surface area contributed by atoms with Gasteiger partial charge in [0.15, 0.2) is 0 Å². The lowest BCUT2D eigenvalue weighted by Crippen LogP contribution is -2.40. The van der Waals surface area contributed by atoms with Crippen LogP contribution in [0.15, 0.2) is 12.2 Å². The van der Waals surface area contributed by atoms with Crippen LogP contribution in [0.3, 0.4) is 0 Å². The Labute approximate surface area is 110 Å². The van der Waals surface area contributed by atoms with Crippen molar-refractivity contribution < 1.29 is 5.11 Å². The van der Waals surface area contributed by atoms with Crippen LogP contribution in [0.1, 0.15) is 58.3 Å². The van der Waals surface area contributed by atoms with E-state index in [0.717, 1.165) is 19.3 Å². The number of hydrogen-bond donors (Lipinski definition) is 1. The van der Waals surface area contributed by atoms with E-state index in [2.05, 4.69) is 19.1 Å². The lowest BCUT2D eigenvalue weighted by Gasteiger charge is -2.45. The zero-order chi connectivity index (χ0) is 12.3. The fourth-order valence-electron chi connectivity index (χ4n) is 3.35. The Kier molecular flexibility index (Phi) is 4.54. The highest BCUT2D eigenvalue weighted by molar-refractivity contribution is 6.21. The highest BCUT2D eigenvalue weighted by atomic mass is 35.5. The summed E-state index contributed by atoms with van der Waals surface area (Å²) in [4.78, 5) is 0. The van der Waals surface area contributed by atoms with E-state index >= 15 is 0 Å². The van der Waals surface area contributed by atoms with Gasteiger partial charge in [0.2, 0.25) is 0 Å². The topological polar surface area (TPSA) is 20.2 Å². The van der Waals surface area contributed by atoms with Crippen LogP contribution in [0.5, 0.6) is 0 Å². The molecule has 0 aromatic heterocycles. The van der Waals surface area contributed by atoms with E-state index in [9.17, 15) is 5.11 Å². The van der Waals surface area contributed by atoms with Crippen LogP contribution in [0.4, 0.5) is 0 Å². The van der Waals surface area contributed by atoms with Gasteiger partial charge < -0.3 is 5.11 Å². The summed E-state index contributed by atoms with van der Waals surface area (Å²) in [6.45, 7) is 2.21. The molecule has 2 fully saturated rings. The molecule has 2 heteroatoms. The summed E-state index contributed by atoms with van der Waals surface area (Å²) in [5.41, 5.74) is 0.236. The Balaban J connectivity index is 1.79. The average Bonchev–Trinajstić information content (AvgIpc) is 2.64. The summed E-state index contributed by atoms with van der Waals surface area (Å²) in [5.74, 6) is 0.544. The van der Waals surface area contributed by atoms with Gasteiger partial charge in [0.05, 0.1) is 6.10 Å². The van der Waals surface area contributed by atoms with Gasteiger partial charge >= 0.3 is 0 Å². The van der Waals surface area contributed by atoms with E-state index in [-0.39, 0.29) is 11.5 Å². The van der Waals surface area contributed by atoms with Crippen LogP contribution in [0.2, 0.25) is 0 Å². The van der Waals surface area contributed by atoms with Crippen molar-refractivity contribution in [1.82, 2.24) is 0 Å². The molecular weight excluding hydrogens is 232 g/mol. The first kappa shape index (κ1) is 13.4.